The van der Waals surface area contributed by atoms with E-state index in [1.807, 2.05) is 6.07 Å². The predicted molar refractivity (Wildman–Crippen MR) is 94.2 cm³/mol. The molecule has 3 aromatic rings. The Hall–Kier alpha value is -2.30. The number of para-hydroxylation sites is 1. The van der Waals surface area contributed by atoms with Gasteiger partial charge in [0.1, 0.15) is 0 Å². The molecular weight excluding hydrogens is 349 g/mol. The zero-order valence-electron chi connectivity index (χ0n) is 13.0. The zero-order chi connectivity index (χ0) is 17.4. The summed E-state index contributed by atoms with van der Waals surface area (Å²) in [7, 11) is 1.31. The quantitative estimate of drug-likeness (QED) is 0.619. The van der Waals surface area contributed by atoms with Crippen molar-refractivity contribution in [1.29, 1.82) is 0 Å². The summed E-state index contributed by atoms with van der Waals surface area (Å²) in [5.41, 5.74) is 1.90. The Morgan fingerprint density at radius 3 is 2.42 bits per heavy atom. The normalized spacial score (nSPS) is 10.8. The number of aromatic nitrogens is 1. The van der Waals surface area contributed by atoms with E-state index in [4.69, 9.17) is 27.9 Å². The molecule has 0 saturated heterocycles. The number of carbonyl (C=O) groups is 2. The third kappa shape index (κ3) is 2.58. The second-order valence-corrected chi connectivity index (χ2v) is 6.05. The van der Waals surface area contributed by atoms with Crippen LogP contribution in [0, 0.1) is 6.92 Å². The Bertz CT molecular complexity index is 976. The van der Waals surface area contributed by atoms with E-state index in [0.29, 0.717) is 37.8 Å². The van der Waals surface area contributed by atoms with Crippen molar-refractivity contribution in [2.24, 2.45) is 0 Å². The summed E-state index contributed by atoms with van der Waals surface area (Å²) < 4.78 is 6.34. The molecule has 0 aliphatic carbocycles. The molecule has 0 aliphatic heterocycles. The molecule has 0 atom stereocenters. The van der Waals surface area contributed by atoms with Gasteiger partial charge in [0, 0.05) is 16.6 Å². The summed E-state index contributed by atoms with van der Waals surface area (Å²) >= 11 is 11.9. The molecule has 0 N–H and O–H groups in total. The first kappa shape index (κ1) is 16.6. The lowest BCUT2D eigenvalue weighted by atomic mass is 10.1. The minimum Gasteiger partial charge on any atom is -0.465 e. The number of ether oxygens (including phenoxy) is 1. The summed E-state index contributed by atoms with van der Waals surface area (Å²) in [5.74, 6) is -0.776. The SMILES string of the molecule is COC(=O)c1c(C)n(C(=O)c2ccc(Cl)c(Cl)c2)c2ccccc12. The van der Waals surface area contributed by atoms with Crippen LogP contribution < -0.4 is 0 Å². The van der Waals surface area contributed by atoms with Crippen LogP contribution in [0.25, 0.3) is 10.9 Å². The third-order valence-electron chi connectivity index (χ3n) is 3.87. The van der Waals surface area contributed by atoms with Gasteiger partial charge in [-0.15, -0.1) is 0 Å². The minimum atomic E-state index is -0.482. The maximum atomic E-state index is 13.0. The fourth-order valence-electron chi connectivity index (χ4n) is 2.75. The van der Waals surface area contributed by atoms with Gasteiger partial charge in [-0.3, -0.25) is 9.36 Å². The van der Waals surface area contributed by atoms with Crippen LogP contribution in [0.3, 0.4) is 0 Å². The van der Waals surface area contributed by atoms with E-state index in [0.717, 1.165) is 0 Å². The van der Waals surface area contributed by atoms with E-state index in [1.54, 1.807) is 37.3 Å². The largest absolute Gasteiger partial charge is 0.465 e. The lowest BCUT2D eigenvalue weighted by Crippen LogP contribution is -2.14. The van der Waals surface area contributed by atoms with Gasteiger partial charge < -0.3 is 4.74 Å². The molecule has 1 aromatic heterocycles. The van der Waals surface area contributed by atoms with Crippen molar-refractivity contribution in [3.05, 3.63) is 69.3 Å². The Morgan fingerprint density at radius 1 is 1.04 bits per heavy atom. The van der Waals surface area contributed by atoms with Gasteiger partial charge in [0.25, 0.3) is 5.91 Å². The van der Waals surface area contributed by atoms with Gasteiger partial charge in [-0.05, 0) is 31.2 Å². The highest BCUT2D eigenvalue weighted by atomic mass is 35.5. The highest BCUT2D eigenvalue weighted by molar-refractivity contribution is 6.42. The van der Waals surface area contributed by atoms with E-state index in [1.165, 1.54) is 17.7 Å². The van der Waals surface area contributed by atoms with E-state index in [9.17, 15) is 9.59 Å². The van der Waals surface area contributed by atoms with E-state index in [2.05, 4.69) is 0 Å². The van der Waals surface area contributed by atoms with E-state index >= 15 is 0 Å². The Morgan fingerprint density at radius 2 is 1.75 bits per heavy atom. The standard InChI is InChI=1S/C18H13Cl2NO3/c1-10-16(18(23)24-2)12-5-3-4-6-15(12)21(10)17(22)11-7-8-13(19)14(20)9-11/h3-9H,1-2H3. The van der Waals surface area contributed by atoms with Crippen molar-refractivity contribution in [1.82, 2.24) is 4.57 Å². The van der Waals surface area contributed by atoms with Gasteiger partial charge in [-0.25, -0.2) is 4.79 Å². The first-order valence-corrected chi connectivity index (χ1v) is 7.89. The van der Waals surface area contributed by atoms with Crippen LogP contribution in [0.2, 0.25) is 10.0 Å². The van der Waals surface area contributed by atoms with Crippen molar-refractivity contribution in [3.63, 3.8) is 0 Å². The molecule has 1 heterocycles. The molecule has 0 saturated carbocycles. The highest BCUT2D eigenvalue weighted by Gasteiger charge is 2.24. The lowest BCUT2D eigenvalue weighted by molar-refractivity contribution is 0.0602. The maximum Gasteiger partial charge on any atom is 0.340 e. The molecule has 0 bridgehead atoms. The minimum absolute atomic E-state index is 0.294. The molecule has 24 heavy (non-hydrogen) atoms. The number of nitrogens with zero attached hydrogens (tertiary/aromatic N) is 1. The second-order valence-electron chi connectivity index (χ2n) is 5.24. The molecule has 0 radical (unpaired) electrons. The van der Waals surface area contributed by atoms with Gasteiger partial charge in [-0.1, -0.05) is 41.4 Å². The molecule has 3 rings (SSSR count). The molecule has 2 aromatic carbocycles. The average Bonchev–Trinajstić information content (AvgIpc) is 2.88. The van der Waals surface area contributed by atoms with Crippen LogP contribution in [0.15, 0.2) is 42.5 Å². The summed E-state index contributed by atoms with van der Waals surface area (Å²) in [5, 5.41) is 1.33. The zero-order valence-corrected chi connectivity index (χ0v) is 14.5. The van der Waals surface area contributed by atoms with Gasteiger partial charge >= 0.3 is 5.97 Å². The molecule has 6 heteroatoms. The molecule has 0 fully saturated rings. The molecule has 0 spiro atoms. The number of benzene rings is 2. The highest BCUT2D eigenvalue weighted by Crippen LogP contribution is 2.29. The number of methoxy groups -OCH3 is 1. The Labute approximate surface area is 148 Å². The van der Waals surface area contributed by atoms with Crippen LogP contribution in [-0.2, 0) is 4.74 Å². The second kappa shape index (κ2) is 6.30. The van der Waals surface area contributed by atoms with Crippen LogP contribution in [0.5, 0.6) is 0 Å². The van der Waals surface area contributed by atoms with Crippen LogP contribution in [0.4, 0.5) is 0 Å². The average molecular weight is 362 g/mol. The number of rotatable bonds is 2. The molecular formula is C18H13Cl2NO3. The van der Waals surface area contributed by atoms with E-state index < -0.39 is 5.97 Å². The van der Waals surface area contributed by atoms with Crippen LogP contribution in [-0.4, -0.2) is 23.6 Å². The van der Waals surface area contributed by atoms with E-state index in [-0.39, 0.29) is 5.91 Å². The summed E-state index contributed by atoms with van der Waals surface area (Å²) in [4.78, 5) is 25.1. The Balaban J connectivity index is 2.26. The monoisotopic (exact) mass is 361 g/mol. The summed E-state index contributed by atoms with van der Waals surface area (Å²) in [6.45, 7) is 1.71. The number of fused-ring (bicyclic) bond motifs is 1. The van der Waals surface area contributed by atoms with Crippen LogP contribution in [0.1, 0.15) is 26.4 Å². The Kier molecular flexibility index (Phi) is 4.35. The summed E-state index contributed by atoms with van der Waals surface area (Å²) in [6, 6.07) is 11.9. The number of halogens is 2. The smallest absolute Gasteiger partial charge is 0.340 e. The predicted octanol–water partition coefficient (Wildman–Crippen LogP) is 4.73. The topological polar surface area (TPSA) is 48.3 Å². The molecule has 0 amide bonds. The van der Waals surface area contributed by atoms with Gasteiger partial charge in [-0.2, -0.15) is 0 Å². The number of esters is 1. The van der Waals surface area contributed by atoms with Crippen molar-refractivity contribution in [2.45, 2.75) is 6.92 Å². The molecule has 122 valence electrons. The summed E-state index contributed by atoms with van der Waals surface area (Å²) in [6.07, 6.45) is 0. The molecule has 0 aliphatic rings. The van der Waals surface area contributed by atoms with Gasteiger partial charge in [0.2, 0.25) is 0 Å². The molecule has 4 nitrogen and oxygen atoms in total. The number of hydrogen-bond acceptors (Lipinski definition) is 3. The van der Waals surface area contributed by atoms with Crippen molar-refractivity contribution < 1.29 is 14.3 Å². The fraction of sp³-hybridized carbons (Fsp3) is 0.111. The number of hydrogen-bond donors (Lipinski definition) is 0. The van der Waals surface area contributed by atoms with Gasteiger partial charge in [0.15, 0.2) is 0 Å². The van der Waals surface area contributed by atoms with Crippen molar-refractivity contribution in [2.75, 3.05) is 7.11 Å². The van der Waals surface area contributed by atoms with Crippen molar-refractivity contribution >= 4 is 46.0 Å². The molecule has 0 unspecified atom stereocenters. The first-order chi connectivity index (χ1) is 11.5. The maximum absolute atomic E-state index is 13.0. The number of carbonyl (C=O) groups excluding carboxylic acids is 2. The van der Waals surface area contributed by atoms with Crippen LogP contribution >= 0.6 is 23.2 Å². The van der Waals surface area contributed by atoms with Gasteiger partial charge in [0.05, 0.1) is 28.2 Å². The lowest BCUT2D eigenvalue weighted by Gasteiger charge is -2.08. The van der Waals surface area contributed by atoms with Crippen molar-refractivity contribution in [3.8, 4) is 0 Å². The third-order valence-corrected chi connectivity index (χ3v) is 4.61. The fourth-order valence-corrected chi connectivity index (χ4v) is 3.05. The first-order valence-electron chi connectivity index (χ1n) is 7.13.